The molecule has 0 aromatic heterocycles. The maximum Gasteiger partial charge on any atom is 0.0935 e. The van der Waals surface area contributed by atoms with Gasteiger partial charge in [0, 0.05) is 23.6 Å². The summed E-state index contributed by atoms with van der Waals surface area (Å²) in [7, 11) is 0. The van der Waals surface area contributed by atoms with Crippen LogP contribution in [0.25, 0.3) is 0 Å². The molecule has 20 heavy (non-hydrogen) atoms. The van der Waals surface area contributed by atoms with Gasteiger partial charge in [0.2, 0.25) is 0 Å². The van der Waals surface area contributed by atoms with Crippen LogP contribution in [0.1, 0.15) is 26.2 Å². The molecule has 1 saturated heterocycles. The Morgan fingerprint density at radius 3 is 2.30 bits per heavy atom. The second-order valence-corrected chi connectivity index (χ2v) is 6.29. The molecule has 0 aliphatic carbocycles. The molecule has 0 radical (unpaired) electrons. The first-order valence-corrected chi connectivity index (χ1v) is 8.03. The van der Waals surface area contributed by atoms with Crippen LogP contribution in [0.5, 0.6) is 0 Å². The van der Waals surface area contributed by atoms with E-state index in [2.05, 4.69) is 17.5 Å². The number of benzene rings is 1. The molecule has 1 aliphatic rings. The smallest absolute Gasteiger partial charge is 0.0935 e. The number of likely N-dealkylation sites (tertiary alicyclic amines) is 1. The highest BCUT2D eigenvalue weighted by Crippen LogP contribution is 2.33. The van der Waals surface area contributed by atoms with Crippen LogP contribution in [0.15, 0.2) is 17.2 Å². The largest absolute Gasteiger partial charge is 0.334 e. The lowest BCUT2D eigenvalue weighted by atomic mass is 10.1. The molecule has 6 heteroatoms. The zero-order valence-electron chi connectivity index (χ0n) is 11.5. The van der Waals surface area contributed by atoms with E-state index in [4.69, 9.17) is 34.8 Å². The summed E-state index contributed by atoms with van der Waals surface area (Å²) in [6, 6.07) is 3.32. The van der Waals surface area contributed by atoms with Crippen LogP contribution in [-0.2, 0) is 0 Å². The normalized spacial score (nSPS) is 19.0. The molecule has 2 rings (SSSR count). The summed E-state index contributed by atoms with van der Waals surface area (Å²) < 4.78 is 0. The number of halogens is 3. The maximum absolute atomic E-state index is 6.11. The molecule has 0 amide bonds. The predicted octanol–water partition coefficient (Wildman–Crippen LogP) is 3.50. The second kappa shape index (κ2) is 7.51. The predicted molar refractivity (Wildman–Crippen MR) is 87.6 cm³/mol. The van der Waals surface area contributed by atoms with Crippen LogP contribution >= 0.6 is 34.8 Å². The molecule has 0 atom stereocenters. The van der Waals surface area contributed by atoms with Crippen LogP contribution in [0, 0.1) is 0 Å². The minimum atomic E-state index is 0.487. The maximum atomic E-state index is 6.11. The van der Waals surface area contributed by atoms with Crippen LogP contribution < -0.4 is 10.3 Å². The van der Waals surface area contributed by atoms with Gasteiger partial charge in [-0.3, -0.25) is 5.43 Å². The number of hydrazone groups is 1. The lowest BCUT2D eigenvalue weighted by Crippen LogP contribution is -3.13. The first-order valence-electron chi connectivity index (χ1n) is 6.89. The third kappa shape index (κ3) is 4.26. The Hall–Kier alpha value is -0.480. The highest BCUT2D eigenvalue weighted by molar-refractivity contribution is 6.41. The fourth-order valence-corrected chi connectivity index (χ4v) is 3.29. The molecular formula is C14H19Cl3N3+. The first-order chi connectivity index (χ1) is 9.60. The molecule has 1 aromatic rings. The fraction of sp³-hybridized carbons (Fsp3) is 0.500. The van der Waals surface area contributed by atoms with Gasteiger partial charge in [0.1, 0.15) is 0 Å². The zero-order valence-corrected chi connectivity index (χ0v) is 13.7. The lowest BCUT2D eigenvalue weighted by molar-refractivity contribution is -0.901. The van der Waals surface area contributed by atoms with Crippen molar-refractivity contribution in [1.82, 2.24) is 0 Å². The van der Waals surface area contributed by atoms with Gasteiger partial charge in [0.15, 0.2) is 0 Å². The van der Waals surface area contributed by atoms with Crippen LogP contribution in [0.2, 0.25) is 15.1 Å². The molecule has 0 unspecified atom stereocenters. The van der Waals surface area contributed by atoms with Crippen molar-refractivity contribution in [3.05, 3.63) is 27.2 Å². The van der Waals surface area contributed by atoms with Crippen molar-refractivity contribution in [1.29, 1.82) is 0 Å². The Bertz CT molecular complexity index is 469. The summed E-state index contributed by atoms with van der Waals surface area (Å²) in [5.74, 6) is 0. The second-order valence-electron chi connectivity index (χ2n) is 5.03. The molecule has 1 fully saturated rings. The van der Waals surface area contributed by atoms with Crippen molar-refractivity contribution in [2.75, 3.05) is 25.1 Å². The zero-order chi connectivity index (χ0) is 14.5. The topological polar surface area (TPSA) is 28.8 Å². The van der Waals surface area contributed by atoms with Gasteiger partial charge in [-0.1, -0.05) is 41.7 Å². The van der Waals surface area contributed by atoms with Crippen molar-refractivity contribution in [2.45, 2.75) is 26.2 Å². The number of hydrogen-bond donors (Lipinski definition) is 2. The SMILES string of the molecule is CCC[NH+]1CCC(=NNc2c(Cl)cc(Cl)cc2Cl)CC1. The van der Waals surface area contributed by atoms with Gasteiger partial charge in [-0.2, -0.15) is 5.10 Å². The van der Waals surface area contributed by atoms with Crippen LogP contribution in [0.3, 0.4) is 0 Å². The quantitative estimate of drug-likeness (QED) is 0.810. The van der Waals surface area contributed by atoms with Gasteiger partial charge in [0.05, 0.1) is 35.4 Å². The van der Waals surface area contributed by atoms with Gasteiger partial charge in [-0.15, -0.1) is 0 Å². The Morgan fingerprint density at radius 1 is 1.15 bits per heavy atom. The number of hydrogen-bond acceptors (Lipinski definition) is 2. The molecule has 0 spiro atoms. The molecule has 1 heterocycles. The van der Waals surface area contributed by atoms with Gasteiger partial charge < -0.3 is 4.90 Å². The summed E-state index contributed by atoms with van der Waals surface area (Å²) in [6.07, 6.45) is 3.27. The van der Waals surface area contributed by atoms with Gasteiger partial charge in [-0.25, -0.2) is 0 Å². The third-order valence-electron chi connectivity index (χ3n) is 3.47. The van der Waals surface area contributed by atoms with Crippen molar-refractivity contribution >= 4 is 46.2 Å². The molecule has 0 saturated carbocycles. The highest BCUT2D eigenvalue weighted by atomic mass is 35.5. The summed E-state index contributed by atoms with van der Waals surface area (Å²) >= 11 is 18.1. The van der Waals surface area contributed by atoms with E-state index < -0.39 is 0 Å². The van der Waals surface area contributed by atoms with Crippen molar-refractivity contribution in [3.63, 3.8) is 0 Å². The number of nitrogens with zero attached hydrogens (tertiary/aromatic N) is 1. The van der Waals surface area contributed by atoms with E-state index in [0.29, 0.717) is 20.8 Å². The van der Waals surface area contributed by atoms with Crippen LogP contribution in [0.4, 0.5) is 5.69 Å². The molecule has 2 N–H and O–H groups in total. The van der Waals surface area contributed by atoms with E-state index in [1.807, 2.05) is 0 Å². The van der Waals surface area contributed by atoms with Gasteiger partial charge in [-0.05, 0) is 18.6 Å². The van der Waals surface area contributed by atoms with E-state index in [1.165, 1.54) is 18.7 Å². The van der Waals surface area contributed by atoms with Crippen molar-refractivity contribution in [3.8, 4) is 0 Å². The minimum Gasteiger partial charge on any atom is -0.334 e. The monoisotopic (exact) mass is 334 g/mol. The molecule has 110 valence electrons. The average Bonchev–Trinajstić information content (AvgIpc) is 2.39. The standard InChI is InChI=1S/C14H18Cl3N3/c1-2-5-20-6-3-11(4-7-20)18-19-14-12(16)8-10(15)9-13(14)17/h8-9,19H,2-7H2,1H3/p+1. The molecule has 3 nitrogen and oxygen atoms in total. The number of anilines is 1. The Balaban J connectivity index is 1.97. The molecule has 1 aliphatic heterocycles. The van der Waals surface area contributed by atoms with Crippen molar-refractivity contribution < 1.29 is 4.90 Å². The van der Waals surface area contributed by atoms with E-state index in [-0.39, 0.29) is 0 Å². The average molecular weight is 336 g/mol. The summed E-state index contributed by atoms with van der Waals surface area (Å²) in [5.41, 5.74) is 4.77. The van der Waals surface area contributed by atoms with Gasteiger partial charge in [0.25, 0.3) is 0 Å². The van der Waals surface area contributed by atoms with E-state index in [9.17, 15) is 0 Å². The number of piperidine rings is 1. The summed E-state index contributed by atoms with van der Waals surface area (Å²) in [6.45, 7) is 5.77. The molecule has 0 bridgehead atoms. The first kappa shape index (κ1) is 15.9. The highest BCUT2D eigenvalue weighted by Gasteiger charge is 2.17. The third-order valence-corrected chi connectivity index (χ3v) is 4.28. The minimum absolute atomic E-state index is 0.487. The Kier molecular flexibility index (Phi) is 5.97. The van der Waals surface area contributed by atoms with Gasteiger partial charge >= 0.3 is 0 Å². The molecule has 1 aromatic carbocycles. The van der Waals surface area contributed by atoms with E-state index in [1.54, 1.807) is 17.0 Å². The van der Waals surface area contributed by atoms with E-state index in [0.717, 1.165) is 25.9 Å². The number of quaternary nitrogens is 1. The summed E-state index contributed by atoms with van der Waals surface area (Å²) in [4.78, 5) is 1.66. The fourth-order valence-electron chi connectivity index (χ4n) is 2.39. The molecular weight excluding hydrogens is 317 g/mol. The lowest BCUT2D eigenvalue weighted by Gasteiger charge is -2.24. The van der Waals surface area contributed by atoms with Crippen molar-refractivity contribution in [2.24, 2.45) is 5.10 Å². The van der Waals surface area contributed by atoms with Crippen LogP contribution in [-0.4, -0.2) is 25.3 Å². The Morgan fingerprint density at radius 2 is 1.75 bits per heavy atom. The van der Waals surface area contributed by atoms with E-state index >= 15 is 0 Å². The number of rotatable bonds is 4. The number of nitrogens with one attached hydrogen (secondary N) is 2. The summed E-state index contributed by atoms with van der Waals surface area (Å²) in [5, 5.41) is 5.94. The Labute approximate surface area is 134 Å².